The van der Waals surface area contributed by atoms with Gasteiger partial charge in [0.2, 0.25) is 5.91 Å². The Bertz CT molecular complexity index is 834. The van der Waals surface area contributed by atoms with Crippen molar-refractivity contribution >= 4 is 23.5 Å². The van der Waals surface area contributed by atoms with Crippen LogP contribution in [0.4, 0.5) is 5.69 Å². The second-order valence-electron chi connectivity index (χ2n) is 6.54. The number of rotatable bonds is 6. The summed E-state index contributed by atoms with van der Waals surface area (Å²) in [6.45, 7) is 6.91. The van der Waals surface area contributed by atoms with Crippen molar-refractivity contribution in [1.29, 1.82) is 0 Å². The standard InChI is InChI=1S/C21H24N2O4/c1-13-8-14(2)10-17(9-13)21(26)27-12-19(25)22-11-18(24)23-20-15(3)6-5-7-16(20)4/h5-10H,11-12H2,1-4H3,(H,22,25)(H,23,24). The molecule has 0 unspecified atom stereocenters. The fourth-order valence-corrected chi connectivity index (χ4v) is 2.73. The number of para-hydroxylation sites is 1. The summed E-state index contributed by atoms with van der Waals surface area (Å²) in [5.41, 5.74) is 4.89. The fraction of sp³-hybridized carbons (Fsp3) is 0.286. The number of anilines is 1. The van der Waals surface area contributed by atoms with Gasteiger partial charge in [-0.1, -0.05) is 35.4 Å². The first-order valence-corrected chi connectivity index (χ1v) is 8.64. The first-order valence-electron chi connectivity index (χ1n) is 8.64. The Morgan fingerprint density at radius 2 is 1.48 bits per heavy atom. The van der Waals surface area contributed by atoms with Gasteiger partial charge in [0, 0.05) is 5.69 Å². The molecule has 0 aromatic heterocycles. The molecule has 142 valence electrons. The molecule has 27 heavy (non-hydrogen) atoms. The van der Waals surface area contributed by atoms with Crippen molar-refractivity contribution in [3.05, 3.63) is 64.2 Å². The maximum atomic E-state index is 12.0. The van der Waals surface area contributed by atoms with E-state index >= 15 is 0 Å². The molecule has 6 heteroatoms. The molecule has 0 aliphatic rings. The molecule has 0 atom stereocenters. The third-order valence-corrected chi connectivity index (χ3v) is 3.98. The predicted molar refractivity (Wildman–Crippen MR) is 104 cm³/mol. The molecule has 0 radical (unpaired) electrons. The van der Waals surface area contributed by atoms with Crippen LogP contribution in [0.2, 0.25) is 0 Å². The largest absolute Gasteiger partial charge is 0.452 e. The van der Waals surface area contributed by atoms with Gasteiger partial charge in [0.05, 0.1) is 12.1 Å². The van der Waals surface area contributed by atoms with E-state index in [4.69, 9.17) is 4.74 Å². The molecule has 0 heterocycles. The zero-order valence-corrected chi connectivity index (χ0v) is 16.0. The third kappa shape index (κ3) is 5.95. The molecule has 2 rings (SSSR count). The molecular weight excluding hydrogens is 344 g/mol. The molecule has 0 aliphatic heterocycles. The van der Waals surface area contributed by atoms with Crippen LogP contribution < -0.4 is 10.6 Å². The molecule has 2 aromatic carbocycles. The molecule has 6 nitrogen and oxygen atoms in total. The maximum Gasteiger partial charge on any atom is 0.338 e. The van der Waals surface area contributed by atoms with Crippen molar-refractivity contribution in [3.8, 4) is 0 Å². The van der Waals surface area contributed by atoms with Crippen molar-refractivity contribution in [2.45, 2.75) is 27.7 Å². The van der Waals surface area contributed by atoms with Gasteiger partial charge in [0.1, 0.15) is 0 Å². The minimum absolute atomic E-state index is 0.201. The summed E-state index contributed by atoms with van der Waals surface area (Å²) in [6, 6.07) is 11.0. The van der Waals surface area contributed by atoms with Crippen molar-refractivity contribution < 1.29 is 19.1 Å². The van der Waals surface area contributed by atoms with E-state index < -0.39 is 18.5 Å². The lowest BCUT2D eigenvalue weighted by atomic mass is 10.1. The molecule has 0 saturated heterocycles. The van der Waals surface area contributed by atoms with Crippen molar-refractivity contribution in [2.24, 2.45) is 0 Å². The summed E-state index contributed by atoms with van der Waals surface area (Å²) in [5, 5.41) is 5.22. The lowest BCUT2D eigenvalue weighted by molar-refractivity contribution is -0.126. The quantitative estimate of drug-likeness (QED) is 0.768. The Morgan fingerprint density at radius 1 is 0.889 bits per heavy atom. The van der Waals surface area contributed by atoms with Crippen LogP contribution in [0, 0.1) is 27.7 Å². The number of carbonyl (C=O) groups excluding carboxylic acids is 3. The number of amides is 2. The van der Waals surface area contributed by atoms with Gasteiger partial charge in [-0.25, -0.2) is 4.79 Å². The Balaban J connectivity index is 1.80. The Morgan fingerprint density at radius 3 is 2.07 bits per heavy atom. The topological polar surface area (TPSA) is 84.5 Å². The van der Waals surface area contributed by atoms with Crippen molar-refractivity contribution in [2.75, 3.05) is 18.5 Å². The van der Waals surface area contributed by atoms with Gasteiger partial charge in [-0.05, 0) is 51.0 Å². The van der Waals surface area contributed by atoms with Gasteiger partial charge < -0.3 is 15.4 Å². The number of ether oxygens (including phenoxy) is 1. The molecule has 0 spiro atoms. The van der Waals surface area contributed by atoms with Gasteiger partial charge in [-0.3, -0.25) is 9.59 Å². The number of hydrogen-bond acceptors (Lipinski definition) is 4. The van der Waals surface area contributed by atoms with Gasteiger partial charge in [0.15, 0.2) is 6.61 Å². The van der Waals surface area contributed by atoms with Crippen LogP contribution in [0.15, 0.2) is 36.4 Å². The number of esters is 1. The molecule has 2 aromatic rings. The number of benzene rings is 2. The van der Waals surface area contributed by atoms with Crippen LogP contribution in [0.1, 0.15) is 32.6 Å². The van der Waals surface area contributed by atoms with Gasteiger partial charge >= 0.3 is 5.97 Å². The van der Waals surface area contributed by atoms with E-state index in [1.165, 1.54) is 0 Å². The molecular formula is C21H24N2O4. The molecule has 2 amide bonds. The Hall–Kier alpha value is -3.15. The molecule has 2 N–H and O–H groups in total. The summed E-state index contributed by atoms with van der Waals surface area (Å²) >= 11 is 0. The monoisotopic (exact) mass is 368 g/mol. The minimum Gasteiger partial charge on any atom is -0.452 e. The average Bonchev–Trinajstić information content (AvgIpc) is 2.60. The zero-order valence-electron chi connectivity index (χ0n) is 16.0. The zero-order chi connectivity index (χ0) is 20.0. The van der Waals surface area contributed by atoms with E-state index in [0.717, 1.165) is 27.9 Å². The highest BCUT2D eigenvalue weighted by Crippen LogP contribution is 2.19. The normalized spacial score (nSPS) is 10.2. The fourth-order valence-electron chi connectivity index (χ4n) is 2.73. The Kier molecular flexibility index (Phi) is 6.71. The van der Waals surface area contributed by atoms with E-state index in [-0.39, 0.29) is 12.5 Å². The smallest absolute Gasteiger partial charge is 0.338 e. The van der Waals surface area contributed by atoms with Crippen LogP contribution in [0.25, 0.3) is 0 Å². The summed E-state index contributed by atoms with van der Waals surface area (Å²) in [7, 11) is 0. The Labute approximate surface area is 158 Å². The highest BCUT2D eigenvalue weighted by atomic mass is 16.5. The van der Waals surface area contributed by atoms with E-state index in [0.29, 0.717) is 5.56 Å². The molecule has 0 saturated carbocycles. The lowest BCUT2D eigenvalue weighted by Gasteiger charge is -2.12. The van der Waals surface area contributed by atoms with Gasteiger partial charge in [-0.15, -0.1) is 0 Å². The number of carbonyl (C=O) groups is 3. The summed E-state index contributed by atoms with van der Waals surface area (Å²) < 4.78 is 5.01. The first kappa shape index (κ1) is 20.2. The van der Waals surface area contributed by atoms with E-state index in [1.54, 1.807) is 12.1 Å². The molecule has 0 fully saturated rings. The van der Waals surface area contributed by atoms with Crippen molar-refractivity contribution in [3.63, 3.8) is 0 Å². The molecule has 0 bridgehead atoms. The molecule has 0 aliphatic carbocycles. The first-order chi connectivity index (χ1) is 12.8. The van der Waals surface area contributed by atoms with Crippen LogP contribution in [0.3, 0.4) is 0 Å². The summed E-state index contributed by atoms with van der Waals surface area (Å²) in [4.78, 5) is 35.9. The number of aryl methyl sites for hydroxylation is 4. The van der Waals surface area contributed by atoms with Crippen LogP contribution in [-0.2, 0) is 14.3 Å². The van der Waals surface area contributed by atoms with E-state index in [2.05, 4.69) is 10.6 Å². The number of nitrogens with one attached hydrogen (secondary N) is 2. The van der Waals surface area contributed by atoms with Gasteiger partial charge in [-0.2, -0.15) is 0 Å². The maximum absolute atomic E-state index is 12.0. The highest BCUT2D eigenvalue weighted by Gasteiger charge is 2.13. The lowest BCUT2D eigenvalue weighted by Crippen LogP contribution is -2.35. The summed E-state index contributed by atoms with van der Waals surface area (Å²) in [5.74, 6) is -1.46. The van der Waals surface area contributed by atoms with Gasteiger partial charge in [0.25, 0.3) is 5.91 Å². The third-order valence-electron chi connectivity index (χ3n) is 3.98. The minimum atomic E-state index is -0.572. The van der Waals surface area contributed by atoms with Crippen molar-refractivity contribution in [1.82, 2.24) is 5.32 Å². The SMILES string of the molecule is Cc1cc(C)cc(C(=O)OCC(=O)NCC(=O)Nc2c(C)cccc2C)c1. The average molecular weight is 368 g/mol. The second kappa shape index (κ2) is 8.98. The number of hydrogen-bond donors (Lipinski definition) is 2. The highest BCUT2D eigenvalue weighted by molar-refractivity contribution is 5.96. The second-order valence-corrected chi connectivity index (χ2v) is 6.54. The summed E-state index contributed by atoms with van der Waals surface area (Å²) in [6.07, 6.45) is 0. The van der Waals surface area contributed by atoms with Crippen LogP contribution in [0.5, 0.6) is 0 Å². The van der Waals surface area contributed by atoms with Crippen LogP contribution >= 0.6 is 0 Å². The predicted octanol–water partition coefficient (Wildman–Crippen LogP) is 2.83. The van der Waals surface area contributed by atoms with Crippen LogP contribution in [-0.4, -0.2) is 30.9 Å². The van der Waals surface area contributed by atoms with E-state index in [1.807, 2.05) is 52.0 Å². The van der Waals surface area contributed by atoms with E-state index in [9.17, 15) is 14.4 Å².